The number of nitrogens with two attached hydrogens (primary N) is 1. The molecule has 0 aromatic heterocycles. The Balaban J connectivity index is 2.53. The van der Waals surface area contributed by atoms with E-state index in [2.05, 4.69) is 6.07 Å². The summed E-state index contributed by atoms with van der Waals surface area (Å²) < 4.78 is 0. The van der Waals surface area contributed by atoms with Crippen LogP contribution in [-0.2, 0) is 9.59 Å². The second-order valence-electron chi connectivity index (χ2n) is 4.34. The molecule has 0 radical (unpaired) electrons. The lowest BCUT2D eigenvalue weighted by atomic mass is 10.0. The maximum Gasteiger partial charge on any atom is 0.317 e. The van der Waals surface area contributed by atoms with Crippen LogP contribution in [0.5, 0.6) is 0 Å². The first-order valence-corrected chi connectivity index (χ1v) is 5.07. The van der Waals surface area contributed by atoms with Gasteiger partial charge in [0.25, 0.3) is 0 Å². The van der Waals surface area contributed by atoms with Crippen LogP contribution in [0.2, 0.25) is 0 Å². The fourth-order valence-electron chi connectivity index (χ4n) is 1.79. The van der Waals surface area contributed by atoms with Crippen molar-refractivity contribution in [3.05, 3.63) is 0 Å². The first-order valence-electron chi connectivity index (χ1n) is 5.07. The van der Waals surface area contributed by atoms with Crippen molar-refractivity contribution in [2.24, 2.45) is 11.1 Å². The number of nitriles is 1. The van der Waals surface area contributed by atoms with Crippen molar-refractivity contribution in [2.45, 2.75) is 19.3 Å². The van der Waals surface area contributed by atoms with E-state index in [-0.39, 0.29) is 18.5 Å². The fourth-order valence-corrected chi connectivity index (χ4v) is 1.79. The normalized spacial score (nSPS) is 16.8. The fraction of sp³-hybridized carbons (Fsp3) is 0.700. The van der Waals surface area contributed by atoms with Crippen molar-refractivity contribution in [3.8, 4) is 6.07 Å². The third kappa shape index (κ3) is 3.87. The molecule has 3 N–H and O–H groups in total. The quantitative estimate of drug-likeness (QED) is 0.610. The molecule has 88 valence electrons. The summed E-state index contributed by atoms with van der Waals surface area (Å²) in [6, 6.07) is 2.09. The molecule has 0 aliphatic heterocycles. The third-order valence-electron chi connectivity index (χ3n) is 2.71. The van der Waals surface area contributed by atoms with Crippen LogP contribution in [0.1, 0.15) is 19.3 Å². The molecular weight excluding hydrogens is 210 g/mol. The number of rotatable bonds is 7. The minimum Gasteiger partial charge on any atom is -0.480 e. The van der Waals surface area contributed by atoms with E-state index in [4.69, 9.17) is 16.1 Å². The highest BCUT2D eigenvalue weighted by Gasteiger charge is 2.43. The molecular formula is C10H15N3O3. The summed E-state index contributed by atoms with van der Waals surface area (Å²) >= 11 is 0. The first-order chi connectivity index (χ1) is 7.47. The average Bonchev–Trinajstić information content (AvgIpc) is 2.82. The Morgan fingerprint density at radius 3 is 2.44 bits per heavy atom. The summed E-state index contributed by atoms with van der Waals surface area (Å²) in [5.74, 6) is -1.54. The van der Waals surface area contributed by atoms with E-state index >= 15 is 0 Å². The van der Waals surface area contributed by atoms with Crippen LogP contribution in [0.3, 0.4) is 0 Å². The third-order valence-corrected chi connectivity index (χ3v) is 2.71. The molecule has 0 atom stereocenters. The average molecular weight is 225 g/mol. The summed E-state index contributed by atoms with van der Waals surface area (Å²) in [5.41, 5.74) is 4.93. The van der Waals surface area contributed by atoms with Gasteiger partial charge in [-0.05, 0) is 18.3 Å². The molecule has 1 aliphatic rings. The Labute approximate surface area is 93.6 Å². The van der Waals surface area contributed by atoms with Gasteiger partial charge in [-0.3, -0.25) is 14.5 Å². The molecule has 0 aromatic rings. The smallest absolute Gasteiger partial charge is 0.317 e. The predicted molar refractivity (Wildman–Crippen MR) is 55.2 cm³/mol. The van der Waals surface area contributed by atoms with E-state index in [1.54, 1.807) is 0 Å². The van der Waals surface area contributed by atoms with Crippen molar-refractivity contribution in [1.29, 1.82) is 5.26 Å². The van der Waals surface area contributed by atoms with Gasteiger partial charge in [-0.1, -0.05) is 0 Å². The largest absolute Gasteiger partial charge is 0.480 e. The van der Waals surface area contributed by atoms with Gasteiger partial charge < -0.3 is 10.8 Å². The maximum absolute atomic E-state index is 10.8. The van der Waals surface area contributed by atoms with Crippen molar-refractivity contribution in [1.82, 2.24) is 4.90 Å². The molecule has 0 bridgehead atoms. The summed E-state index contributed by atoms with van der Waals surface area (Å²) in [4.78, 5) is 22.9. The zero-order valence-corrected chi connectivity index (χ0v) is 8.98. The number of hydrogen-bond acceptors (Lipinski definition) is 4. The number of primary amides is 1. The lowest BCUT2D eigenvalue weighted by Crippen LogP contribution is -2.40. The molecule has 6 nitrogen and oxygen atoms in total. The number of nitrogens with zero attached hydrogens (tertiary/aromatic N) is 2. The zero-order valence-electron chi connectivity index (χ0n) is 8.98. The first kappa shape index (κ1) is 12.5. The maximum atomic E-state index is 10.8. The number of carboxylic acid groups (broad SMARTS) is 1. The van der Waals surface area contributed by atoms with Gasteiger partial charge in [0.15, 0.2) is 0 Å². The van der Waals surface area contributed by atoms with Gasteiger partial charge in [-0.25, -0.2) is 0 Å². The topological polar surface area (TPSA) is 107 Å². The van der Waals surface area contributed by atoms with Crippen molar-refractivity contribution in [3.63, 3.8) is 0 Å². The Kier molecular flexibility index (Phi) is 3.85. The number of carboxylic acids is 1. The van der Waals surface area contributed by atoms with Crippen molar-refractivity contribution < 1.29 is 14.7 Å². The number of aliphatic carboxylic acids is 1. The molecule has 1 aliphatic carbocycles. The highest BCUT2D eigenvalue weighted by molar-refractivity contribution is 5.77. The molecule has 1 rings (SSSR count). The van der Waals surface area contributed by atoms with Crippen molar-refractivity contribution >= 4 is 11.9 Å². The highest BCUT2D eigenvalue weighted by atomic mass is 16.4. The standard InChI is InChI=1S/C10H15N3O3/c11-4-3-10(1-2-10)7-13(5-8(12)14)6-9(15)16/h1-3,5-7H2,(H2,12,14)(H,15,16). The van der Waals surface area contributed by atoms with Gasteiger partial charge in [0.2, 0.25) is 5.91 Å². The molecule has 0 saturated heterocycles. The Bertz CT molecular complexity index is 315. The van der Waals surface area contributed by atoms with Gasteiger partial charge in [-0.15, -0.1) is 0 Å². The monoisotopic (exact) mass is 225 g/mol. The molecule has 0 spiro atoms. The Morgan fingerprint density at radius 1 is 1.44 bits per heavy atom. The molecule has 1 saturated carbocycles. The minimum atomic E-state index is -0.992. The molecule has 1 amide bonds. The summed E-state index contributed by atoms with van der Waals surface area (Å²) in [6.07, 6.45) is 2.23. The van der Waals surface area contributed by atoms with Crippen LogP contribution in [0.15, 0.2) is 0 Å². The van der Waals surface area contributed by atoms with E-state index in [9.17, 15) is 9.59 Å². The number of carbonyl (C=O) groups excluding carboxylic acids is 1. The van der Waals surface area contributed by atoms with Crippen LogP contribution < -0.4 is 5.73 Å². The Hall–Kier alpha value is -1.61. The number of amides is 1. The SMILES string of the molecule is N#CCC1(CN(CC(N)=O)CC(=O)O)CC1. The van der Waals surface area contributed by atoms with Crippen LogP contribution in [-0.4, -0.2) is 41.5 Å². The summed E-state index contributed by atoms with van der Waals surface area (Å²) in [5, 5.41) is 17.3. The number of hydrogen-bond donors (Lipinski definition) is 2. The van der Waals surface area contributed by atoms with E-state index in [1.165, 1.54) is 4.90 Å². The van der Waals surface area contributed by atoms with Crippen LogP contribution in [0.4, 0.5) is 0 Å². The molecule has 16 heavy (non-hydrogen) atoms. The van der Waals surface area contributed by atoms with Crippen molar-refractivity contribution in [2.75, 3.05) is 19.6 Å². The van der Waals surface area contributed by atoms with E-state index in [1.807, 2.05) is 0 Å². The van der Waals surface area contributed by atoms with E-state index in [0.717, 1.165) is 12.8 Å². The summed E-state index contributed by atoms with van der Waals surface area (Å²) in [6.45, 7) is 0.172. The lowest BCUT2D eigenvalue weighted by Gasteiger charge is -2.23. The predicted octanol–water partition coefficient (Wildman–Crippen LogP) is -0.448. The highest BCUT2D eigenvalue weighted by Crippen LogP contribution is 2.49. The minimum absolute atomic E-state index is 0.0700. The molecule has 0 aromatic carbocycles. The van der Waals surface area contributed by atoms with Gasteiger partial charge in [0, 0.05) is 13.0 Å². The van der Waals surface area contributed by atoms with Gasteiger partial charge in [0.05, 0.1) is 19.2 Å². The van der Waals surface area contributed by atoms with Gasteiger partial charge in [0.1, 0.15) is 0 Å². The van der Waals surface area contributed by atoms with Crippen LogP contribution >= 0.6 is 0 Å². The molecule has 6 heteroatoms. The second kappa shape index (κ2) is 4.94. The molecule has 1 fully saturated rings. The van der Waals surface area contributed by atoms with Crippen LogP contribution in [0, 0.1) is 16.7 Å². The van der Waals surface area contributed by atoms with E-state index < -0.39 is 11.9 Å². The summed E-state index contributed by atoms with van der Waals surface area (Å²) in [7, 11) is 0. The molecule has 0 unspecified atom stereocenters. The van der Waals surface area contributed by atoms with E-state index in [0.29, 0.717) is 13.0 Å². The number of carbonyl (C=O) groups is 2. The zero-order chi connectivity index (χ0) is 12.2. The van der Waals surface area contributed by atoms with Gasteiger partial charge in [-0.2, -0.15) is 5.26 Å². The second-order valence-corrected chi connectivity index (χ2v) is 4.34. The van der Waals surface area contributed by atoms with Gasteiger partial charge >= 0.3 is 5.97 Å². The Morgan fingerprint density at radius 2 is 2.06 bits per heavy atom. The lowest BCUT2D eigenvalue weighted by molar-refractivity contribution is -0.138. The molecule has 0 heterocycles. The van der Waals surface area contributed by atoms with Crippen LogP contribution in [0.25, 0.3) is 0 Å².